The molecule has 0 bridgehead atoms. The quantitative estimate of drug-likeness (QED) is 0.691. The summed E-state index contributed by atoms with van der Waals surface area (Å²) >= 11 is 0. The first-order chi connectivity index (χ1) is 11.3. The van der Waals surface area contributed by atoms with Crippen molar-refractivity contribution < 1.29 is 27.9 Å². The van der Waals surface area contributed by atoms with Gasteiger partial charge in [0, 0.05) is 26.1 Å². The Morgan fingerprint density at radius 2 is 1.96 bits per heavy atom. The van der Waals surface area contributed by atoms with E-state index in [-0.39, 0.29) is 12.5 Å². The summed E-state index contributed by atoms with van der Waals surface area (Å²) in [6, 6.07) is 0. The van der Waals surface area contributed by atoms with E-state index in [2.05, 4.69) is 0 Å². The van der Waals surface area contributed by atoms with Crippen molar-refractivity contribution in [3.63, 3.8) is 0 Å². The second-order valence-corrected chi connectivity index (χ2v) is 8.62. The number of rotatable bonds is 7. The lowest BCUT2D eigenvalue weighted by Gasteiger charge is -2.35. The van der Waals surface area contributed by atoms with Gasteiger partial charge in [-0.15, -0.1) is 0 Å². The van der Waals surface area contributed by atoms with Crippen LogP contribution in [0.25, 0.3) is 0 Å². The van der Waals surface area contributed by atoms with Crippen molar-refractivity contribution in [1.82, 2.24) is 9.21 Å². The number of nitrogens with zero attached hydrogens (tertiary/aromatic N) is 2. The van der Waals surface area contributed by atoms with Crippen molar-refractivity contribution in [1.29, 1.82) is 0 Å². The summed E-state index contributed by atoms with van der Waals surface area (Å²) in [7, 11) is -3.65. The largest absolute Gasteiger partial charge is 0.480 e. The van der Waals surface area contributed by atoms with E-state index in [4.69, 9.17) is 9.84 Å². The van der Waals surface area contributed by atoms with Gasteiger partial charge in [0.1, 0.15) is 6.54 Å². The molecule has 0 radical (unpaired) electrons. The number of carbonyl (C=O) groups is 2. The molecule has 2 rings (SSSR count). The number of carboxylic acid groups (broad SMARTS) is 1. The van der Waals surface area contributed by atoms with Crippen LogP contribution in [-0.2, 0) is 24.3 Å². The summed E-state index contributed by atoms with van der Waals surface area (Å²) < 4.78 is 29.8. The van der Waals surface area contributed by atoms with Crippen LogP contribution in [0.1, 0.15) is 32.1 Å². The lowest BCUT2D eigenvalue weighted by Crippen LogP contribution is -2.51. The van der Waals surface area contributed by atoms with Gasteiger partial charge in [0.25, 0.3) is 0 Å². The number of carbonyl (C=O) groups excluding carboxylic acids is 1. The molecule has 0 aromatic carbocycles. The van der Waals surface area contributed by atoms with Crippen LogP contribution in [0, 0.1) is 5.92 Å². The molecule has 138 valence electrons. The summed E-state index contributed by atoms with van der Waals surface area (Å²) in [4.78, 5) is 25.0. The van der Waals surface area contributed by atoms with Gasteiger partial charge in [-0.1, -0.05) is 12.8 Å². The van der Waals surface area contributed by atoms with E-state index in [0.717, 1.165) is 23.4 Å². The summed E-state index contributed by atoms with van der Waals surface area (Å²) in [5.41, 5.74) is 0. The molecule has 1 saturated heterocycles. The number of hydrogen-bond donors (Lipinski definition) is 1. The maximum Gasteiger partial charge on any atom is 0.318 e. The fourth-order valence-corrected chi connectivity index (χ4v) is 4.12. The average Bonchev–Trinajstić information content (AvgIpc) is 2.98. The first kappa shape index (κ1) is 19.1. The van der Waals surface area contributed by atoms with E-state index in [1.165, 1.54) is 12.8 Å². The molecule has 1 saturated carbocycles. The number of morpholine rings is 1. The van der Waals surface area contributed by atoms with E-state index < -0.39 is 28.6 Å². The summed E-state index contributed by atoms with van der Waals surface area (Å²) in [6.45, 7) is 0.482. The van der Waals surface area contributed by atoms with Crippen LogP contribution in [0.4, 0.5) is 0 Å². The molecule has 1 aliphatic carbocycles. The first-order valence-electron chi connectivity index (χ1n) is 8.32. The smallest absolute Gasteiger partial charge is 0.318 e. The van der Waals surface area contributed by atoms with Crippen LogP contribution >= 0.6 is 0 Å². The topological polar surface area (TPSA) is 104 Å². The third-order valence-corrected chi connectivity index (χ3v) is 5.83. The zero-order valence-electron chi connectivity index (χ0n) is 14.0. The molecule has 0 aromatic heterocycles. The lowest BCUT2D eigenvalue weighted by atomic mass is 10.0. The van der Waals surface area contributed by atoms with Crippen LogP contribution in [0.3, 0.4) is 0 Å². The fourth-order valence-electron chi connectivity index (χ4n) is 3.34. The predicted octanol–water partition coefficient (Wildman–Crippen LogP) is 0.140. The van der Waals surface area contributed by atoms with Gasteiger partial charge >= 0.3 is 5.97 Å². The van der Waals surface area contributed by atoms with Crippen molar-refractivity contribution in [3.05, 3.63) is 0 Å². The van der Waals surface area contributed by atoms with Gasteiger partial charge in [0.05, 0.1) is 19.0 Å². The number of aliphatic carboxylic acids is 1. The average molecular weight is 362 g/mol. The lowest BCUT2D eigenvalue weighted by molar-refractivity contribution is -0.142. The Bertz CT molecular complexity index is 558. The highest BCUT2D eigenvalue weighted by molar-refractivity contribution is 7.88. The fraction of sp³-hybridized carbons (Fsp3) is 0.867. The van der Waals surface area contributed by atoms with E-state index in [1.807, 2.05) is 0 Å². The molecule has 1 amide bonds. The summed E-state index contributed by atoms with van der Waals surface area (Å²) in [5, 5.41) is 8.86. The van der Waals surface area contributed by atoms with Crippen LogP contribution in [0.15, 0.2) is 0 Å². The van der Waals surface area contributed by atoms with Gasteiger partial charge in [-0.3, -0.25) is 9.59 Å². The van der Waals surface area contributed by atoms with Gasteiger partial charge < -0.3 is 14.7 Å². The molecule has 2 fully saturated rings. The molecule has 1 atom stereocenters. The molecular weight excluding hydrogens is 336 g/mol. The minimum atomic E-state index is -3.65. The number of ether oxygens (including phenoxy) is 1. The number of hydrogen-bond acceptors (Lipinski definition) is 5. The number of amides is 1. The highest BCUT2D eigenvalue weighted by atomic mass is 32.2. The molecule has 0 aromatic rings. The van der Waals surface area contributed by atoms with Gasteiger partial charge in [-0.05, 0) is 18.8 Å². The molecule has 1 aliphatic heterocycles. The van der Waals surface area contributed by atoms with Crippen molar-refractivity contribution in [2.75, 3.05) is 39.0 Å². The Hall–Kier alpha value is -1.19. The van der Waals surface area contributed by atoms with Crippen molar-refractivity contribution in [2.24, 2.45) is 5.92 Å². The molecule has 1 N–H and O–H groups in total. The zero-order chi connectivity index (χ0) is 17.7. The Balaban J connectivity index is 1.91. The molecule has 0 spiro atoms. The minimum absolute atomic E-state index is 0.0572. The zero-order valence-corrected chi connectivity index (χ0v) is 14.8. The third-order valence-electron chi connectivity index (χ3n) is 4.62. The highest BCUT2D eigenvalue weighted by Crippen LogP contribution is 2.28. The van der Waals surface area contributed by atoms with Gasteiger partial charge in [0.2, 0.25) is 15.9 Å². The maximum atomic E-state index is 12.4. The summed E-state index contributed by atoms with van der Waals surface area (Å²) in [5.74, 6) is -0.678. The monoisotopic (exact) mass is 362 g/mol. The normalized spacial score (nSPS) is 22.9. The van der Waals surface area contributed by atoms with Crippen LogP contribution in [-0.4, -0.2) is 79.8 Å². The first-order valence-corrected chi connectivity index (χ1v) is 10.2. The van der Waals surface area contributed by atoms with Gasteiger partial charge in [-0.2, -0.15) is 4.31 Å². The van der Waals surface area contributed by atoms with Crippen LogP contribution in [0.2, 0.25) is 0 Å². The molecular formula is C15H26N2O6S. The molecule has 2 aliphatic rings. The molecule has 8 nitrogen and oxygen atoms in total. The number of sulfonamides is 1. The van der Waals surface area contributed by atoms with E-state index in [0.29, 0.717) is 32.0 Å². The van der Waals surface area contributed by atoms with Gasteiger partial charge in [0.15, 0.2) is 0 Å². The number of carboxylic acids is 1. The Labute approximate surface area is 142 Å². The second kappa shape index (κ2) is 8.26. The second-order valence-electron chi connectivity index (χ2n) is 6.64. The van der Waals surface area contributed by atoms with Crippen molar-refractivity contribution in [3.8, 4) is 0 Å². The van der Waals surface area contributed by atoms with Gasteiger partial charge in [-0.25, -0.2) is 8.42 Å². The van der Waals surface area contributed by atoms with E-state index in [1.54, 1.807) is 4.90 Å². The van der Waals surface area contributed by atoms with Crippen molar-refractivity contribution >= 4 is 21.9 Å². The Kier molecular flexibility index (Phi) is 6.59. The van der Waals surface area contributed by atoms with Crippen LogP contribution in [0.5, 0.6) is 0 Å². The summed E-state index contributed by atoms with van der Waals surface area (Å²) in [6.07, 6.45) is 5.57. The minimum Gasteiger partial charge on any atom is -0.480 e. The van der Waals surface area contributed by atoms with E-state index >= 15 is 0 Å². The molecule has 1 heterocycles. The predicted molar refractivity (Wildman–Crippen MR) is 86.9 cm³/mol. The van der Waals surface area contributed by atoms with Crippen LogP contribution < -0.4 is 0 Å². The molecule has 24 heavy (non-hydrogen) atoms. The maximum absolute atomic E-state index is 12.4. The Morgan fingerprint density at radius 3 is 2.54 bits per heavy atom. The highest BCUT2D eigenvalue weighted by Gasteiger charge is 2.30. The SMILES string of the molecule is CS(=O)(=O)N(CC(=O)O)CC1CN(C(=O)CC2CCCC2)CCO1. The molecule has 1 unspecified atom stereocenters. The van der Waals surface area contributed by atoms with Crippen molar-refractivity contribution in [2.45, 2.75) is 38.2 Å². The third kappa shape index (κ3) is 5.71. The standard InChI is InChI=1S/C15H26N2O6S/c1-24(21,22)17(11-15(19)20)10-13-9-16(6-7-23-13)14(18)8-12-4-2-3-5-12/h12-13H,2-11H2,1H3,(H,19,20). The Morgan fingerprint density at radius 1 is 1.29 bits per heavy atom. The van der Waals surface area contributed by atoms with E-state index in [9.17, 15) is 18.0 Å². The molecule has 9 heteroatoms.